The Morgan fingerprint density at radius 3 is 2.60 bits per heavy atom. The largest absolute Gasteiger partial charge is 0.446 e. The zero-order chi connectivity index (χ0) is 28.1. The van der Waals surface area contributed by atoms with E-state index in [1.165, 1.54) is 15.9 Å². The molecule has 2 N–H and O–H groups in total. The Morgan fingerprint density at radius 2 is 1.90 bits per heavy atom. The fraction of sp³-hybridized carbons (Fsp3) is 0.458. The summed E-state index contributed by atoms with van der Waals surface area (Å²) >= 11 is 0. The second-order valence-electron chi connectivity index (χ2n) is 10.4. The Kier molecular flexibility index (Phi) is 5.01. The lowest BCUT2D eigenvalue weighted by atomic mass is 9.66. The number of imide groups is 2. The molecule has 40 heavy (non-hydrogen) atoms. The zero-order valence-electron chi connectivity index (χ0n) is 21.5. The van der Waals surface area contributed by atoms with Crippen LogP contribution in [0, 0.1) is 11.2 Å². The minimum absolute atomic E-state index is 0.0141. The van der Waals surface area contributed by atoms with Gasteiger partial charge in [0.25, 0.3) is 0 Å². The molecule has 3 saturated heterocycles. The number of aryl methyl sites for hydroxylation is 1. The van der Waals surface area contributed by atoms with Crippen molar-refractivity contribution in [2.24, 2.45) is 12.5 Å². The highest BCUT2D eigenvalue weighted by atomic mass is 19.1. The normalized spacial score (nSPS) is 27.5. The minimum Gasteiger partial charge on any atom is -0.446 e. The number of amides is 5. The van der Waals surface area contributed by atoms with Gasteiger partial charge in [0.15, 0.2) is 22.9 Å². The Labute approximate surface area is 224 Å². The third-order valence-electron chi connectivity index (χ3n) is 8.09. The van der Waals surface area contributed by atoms with Crippen molar-refractivity contribution in [3.63, 3.8) is 0 Å². The first kappa shape index (κ1) is 24.4. The maximum atomic E-state index is 16.4. The van der Waals surface area contributed by atoms with Gasteiger partial charge in [0.1, 0.15) is 19.0 Å². The number of rotatable bonds is 2. The maximum absolute atomic E-state index is 16.4. The molecule has 208 valence electrons. The van der Waals surface area contributed by atoms with Crippen LogP contribution in [0.5, 0.6) is 0 Å². The smallest absolute Gasteiger partial charge is 0.416 e. The number of halogens is 1. The van der Waals surface area contributed by atoms with E-state index in [1.54, 1.807) is 31.9 Å². The summed E-state index contributed by atoms with van der Waals surface area (Å²) in [5.74, 6) is -1.96. The zero-order valence-corrected chi connectivity index (χ0v) is 21.5. The lowest BCUT2D eigenvalue weighted by Gasteiger charge is -2.55. The highest BCUT2D eigenvalue weighted by Crippen LogP contribution is 2.50. The van der Waals surface area contributed by atoms with Crippen LogP contribution in [-0.2, 0) is 32.5 Å². The van der Waals surface area contributed by atoms with Crippen LogP contribution in [0.3, 0.4) is 0 Å². The van der Waals surface area contributed by atoms with E-state index in [-0.39, 0.29) is 48.2 Å². The van der Waals surface area contributed by atoms with Gasteiger partial charge in [-0.3, -0.25) is 24.9 Å². The lowest BCUT2D eigenvalue weighted by molar-refractivity contribution is -0.153. The molecule has 0 bridgehead atoms. The summed E-state index contributed by atoms with van der Waals surface area (Å²) in [6.45, 7) is 3.61. The molecule has 5 amide bonds. The Morgan fingerprint density at radius 1 is 1.15 bits per heavy atom. The number of fused-ring (bicyclic) bond motifs is 5. The molecule has 1 unspecified atom stereocenters. The maximum Gasteiger partial charge on any atom is 0.416 e. The van der Waals surface area contributed by atoms with E-state index in [1.807, 2.05) is 0 Å². The Bertz CT molecular complexity index is 1610. The molecule has 4 aliphatic heterocycles. The number of hydrogen-bond donors (Lipinski definition) is 2. The molecule has 4 atom stereocenters. The van der Waals surface area contributed by atoms with Crippen molar-refractivity contribution in [2.45, 2.75) is 44.6 Å². The first-order valence-corrected chi connectivity index (χ1v) is 12.6. The quantitative estimate of drug-likeness (QED) is 0.427. The molecule has 1 spiro atoms. The first-order chi connectivity index (χ1) is 19.1. The number of benzene rings is 1. The molecule has 16 heteroatoms. The average molecular weight is 554 g/mol. The number of anilines is 2. The topological polar surface area (TPSA) is 174 Å². The van der Waals surface area contributed by atoms with Crippen molar-refractivity contribution in [3.05, 3.63) is 29.6 Å². The molecule has 0 saturated carbocycles. The van der Waals surface area contributed by atoms with E-state index in [2.05, 4.69) is 25.9 Å². The molecule has 15 nitrogen and oxygen atoms in total. The number of barbiturate groups is 1. The van der Waals surface area contributed by atoms with E-state index in [4.69, 9.17) is 14.0 Å². The highest BCUT2D eigenvalue weighted by molar-refractivity contribution is 6.20. The van der Waals surface area contributed by atoms with Crippen LogP contribution in [-0.4, -0.2) is 75.3 Å². The predicted molar refractivity (Wildman–Crippen MR) is 130 cm³/mol. The molecule has 1 aromatic carbocycles. The second kappa shape index (κ2) is 8.20. The molecule has 3 fully saturated rings. The number of carbonyl (C=O) groups is 4. The minimum atomic E-state index is -1.80. The van der Waals surface area contributed by atoms with Gasteiger partial charge >= 0.3 is 12.1 Å². The van der Waals surface area contributed by atoms with Gasteiger partial charge in [-0.25, -0.2) is 23.9 Å². The monoisotopic (exact) mass is 554 g/mol. The van der Waals surface area contributed by atoms with Crippen LogP contribution < -0.4 is 20.4 Å². The van der Waals surface area contributed by atoms with Gasteiger partial charge in [-0.2, -0.15) is 5.10 Å². The molecule has 0 radical (unpaired) electrons. The fourth-order valence-electron chi connectivity index (χ4n) is 6.56. The van der Waals surface area contributed by atoms with Gasteiger partial charge in [0, 0.05) is 20.0 Å². The van der Waals surface area contributed by atoms with Crippen molar-refractivity contribution in [1.82, 2.24) is 30.6 Å². The van der Waals surface area contributed by atoms with Crippen molar-refractivity contribution < 1.29 is 37.6 Å². The van der Waals surface area contributed by atoms with Gasteiger partial charge < -0.3 is 18.9 Å². The summed E-state index contributed by atoms with van der Waals surface area (Å²) in [5, 5.41) is 12.6. The van der Waals surface area contributed by atoms with Crippen LogP contribution >= 0.6 is 0 Å². The second-order valence-corrected chi connectivity index (χ2v) is 10.4. The molecule has 4 aliphatic rings. The van der Waals surface area contributed by atoms with Gasteiger partial charge in [-0.1, -0.05) is 5.16 Å². The van der Waals surface area contributed by atoms with Crippen molar-refractivity contribution >= 4 is 46.4 Å². The van der Waals surface area contributed by atoms with Crippen LogP contribution in [0.2, 0.25) is 0 Å². The lowest BCUT2D eigenvalue weighted by Crippen LogP contribution is -2.75. The fourth-order valence-corrected chi connectivity index (χ4v) is 6.56. The number of nitrogens with zero attached hydrogens (tertiary/aromatic N) is 6. The number of cyclic esters (lactones) is 1. The summed E-state index contributed by atoms with van der Waals surface area (Å²) in [6, 6.07) is -1.02. The third kappa shape index (κ3) is 3.10. The first-order valence-electron chi connectivity index (χ1n) is 12.6. The van der Waals surface area contributed by atoms with Crippen molar-refractivity contribution in [2.75, 3.05) is 23.0 Å². The van der Waals surface area contributed by atoms with E-state index in [9.17, 15) is 19.2 Å². The summed E-state index contributed by atoms with van der Waals surface area (Å²) < 4.78 is 34.6. The SMILES string of the molecule is C[C@@H]1CN2c3c(cc4c(N5C(=O)OC[C@H]5c5ncnn5C)noc4c3F)CC3(C(=O)NC(=O)NC3=O)C2[C@H](C)O1. The van der Waals surface area contributed by atoms with E-state index < -0.39 is 53.4 Å². The number of hydrogen-bond acceptors (Lipinski definition) is 11. The number of urea groups is 1. The molecular formula is C24H23FN8O7. The summed E-state index contributed by atoms with van der Waals surface area (Å²) in [7, 11) is 1.66. The molecule has 7 rings (SSSR count). The Hall–Kier alpha value is -4.60. The van der Waals surface area contributed by atoms with Gasteiger partial charge in [0.05, 0.1) is 29.3 Å². The van der Waals surface area contributed by atoms with Crippen molar-refractivity contribution in [3.8, 4) is 0 Å². The van der Waals surface area contributed by atoms with Gasteiger partial charge in [-0.15, -0.1) is 0 Å². The van der Waals surface area contributed by atoms with E-state index in [0.717, 1.165) is 0 Å². The average Bonchev–Trinajstić information content (AvgIpc) is 3.59. The molecule has 0 aliphatic carbocycles. The number of ether oxygens (including phenoxy) is 2. The van der Waals surface area contributed by atoms with Crippen LogP contribution in [0.25, 0.3) is 11.0 Å². The molecular weight excluding hydrogens is 531 g/mol. The summed E-state index contributed by atoms with van der Waals surface area (Å²) in [5.41, 5.74) is -1.57. The number of carbonyl (C=O) groups excluding carboxylic acids is 4. The van der Waals surface area contributed by atoms with Gasteiger partial charge in [0.2, 0.25) is 17.4 Å². The molecule has 2 aromatic heterocycles. The van der Waals surface area contributed by atoms with Crippen LogP contribution in [0.1, 0.15) is 31.3 Å². The number of aromatic nitrogens is 4. The van der Waals surface area contributed by atoms with Crippen LogP contribution in [0.15, 0.2) is 16.9 Å². The molecule has 6 heterocycles. The third-order valence-corrected chi connectivity index (χ3v) is 8.09. The van der Waals surface area contributed by atoms with E-state index >= 15 is 4.39 Å². The molecule has 3 aromatic rings. The van der Waals surface area contributed by atoms with Gasteiger partial charge in [-0.05, 0) is 25.5 Å². The van der Waals surface area contributed by atoms with Crippen LogP contribution in [0.4, 0.5) is 25.5 Å². The number of nitrogens with one attached hydrogen (secondary N) is 2. The van der Waals surface area contributed by atoms with Crippen molar-refractivity contribution in [1.29, 1.82) is 0 Å². The predicted octanol–water partition coefficient (Wildman–Crippen LogP) is 0.684. The summed E-state index contributed by atoms with van der Waals surface area (Å²) in [6.07, 6.45) is -0.687. The van der Waals surface area contributed by atoms with E-state index in [0.29, 0.717) is 11.4 Å². The standard InChI is InChI=1S/C24H23FN8O7/c1-9-6-32-15-11(5-24(17(32)10(2)39-9)20(34)28-22(36)29-21(24)35)4-12-16(14(15)25)40-30-18(12)33-13(7-38-23(33)37)19-26-8-27-31(19)3/h4,8-10,13,17H,5-7H2,1-3H3,(H2,28,29,34,35,36)/t9-,10+,13+,17?/m1/s1. The number of morpholine rings is 1. The highest BCUT2D eigenvalue weighted by Gasteiger charge is 2.63. The Balaban J connectivity index is 1.42. The summed E-state index contributed by atoms with van der Waals surface area (Å²) in [4.78, 5) is 58.7.